The van der Waals surface area contributed by atoms with Gasteiger partial charge in [-0.2, -0.15) is 0 Å². The molecule has 8 heteroatoms. The van der Waals surface area contributed by atoms with Crippen molar-refractivity contribution in [1.29, 1.82) is 0 Å². The molecular formula is C18H22Cl2N2O4. The van der Waals surface area contributed by atoms with Crippen LogP contribution in [0.5, 0.6) is 11.5 Å². The summed E-state index contributed by atoms with van der Waals surface area (Å²) >= 11 is 11.0. The number of nitro benzene ring substituents is 1. The second-order valence-electron chi connectivity index (χ2n) is 5.04. The van der Waals surface area contributed by atoms with Gasteiger partial charge >= 0.3 is 5.69 Å². The molecule has 0 atom stereocenters. The lowest BCUT2D eigenvalue weighted by molar-refractivity contribution is -0.385. The Labute approximate surface area is 163 Å². The Hall–Kier alpha value is -2.18. The number of ether oxygens (including phenoxy) is 2. The van der Waals surface area contributed by atoms with Gasteiger partial charge in [0.2, 0.25) is 0 Å². The third-order valence-corrected chi connectivity index (χ3v) is 3.59. The zero-order chi connectivity index (χ0) is 19.2. The van der Waals surface area contributed by atoms with E-state index in [1.807, 2.05) is 24.3 Å². The molecule has 0 spiro atoms. The molecular weight excluding hydrogens is 379 g/mol. The van der Waals surface area contributed by atoms with Gasteiger partial charge in [0.05, 0.1) is 23.8 Å². The van der Waals surface area contributed by atoms with Crippen LogP contribution in [0.4, 0.5) is 11.4 Å². The first-order valence-electron chi connectivity index (χ1n) is 8.05. The van der Waals surface area contributed by atoms with Gasteiger partial charge in [-0.05, 0) is 31.0 Å². The molecule has 0 unspecified atom stereocenters. The van der Waals surface area contributed by atoms with Crippen LogP contribution in [0.2, 0.25) is 0 Å². The van der Waals surface area contributed by atoms with E-state index in [0.717, 1.165) is 12.2 Å². The number of benzene rings is 2. The van der Waals surface area contributed by atoms with Crippen molar-refractivity contribution in [3.8, 4) is 11.5 Å². The molecule has 0 heterocycles. The number of anilines is 1. The number of hydrogen-bond acceptors (Lipinski definition) is 5. The van der Waals surface area contributed by atoms with Crippen molar-refractivity contribution in [2.24, 2.45) is 0 Å². The van der Waals surface area contributed by atoms with Crippen molar-refractivity contribution in [3.63, 3.8) is 0 Å². The zero-order valence-electron chi connectivity index (χ0n) is 14.3. The molecule has 0 aromatic heterocycles. The molecule has 6 nitrogen and oxygen atoms in total. The topological polar surface area (TPSA) is 87.6 Å². The maximum absolute atomic E-state index is 10.6. The Morgan fingerprint density at radius 2 is 1.38 bits per heavy atom. The molecule has 0 radical (unpaired) electrons. The highest BCUT2D eigenvalue weighted by Crippen LogP contribution is 2.25. The molecule has 0 saturated heterocycles. The summed E-state index contributed by atoms with van der Waals surface area (Å²) in [4.78, 5) is 10.1. The van der Waals surface area contributed by atoms with E-state index in [-0.39, 0.29) is 5.69 Å². The van der Waals surface area contributed by atoms with Crippen LogP contribution >= 0.6 is 23.2 Å². The van der Waals surface area contributed by atoms with E-state index in [9.17, 15) is 10.1 Å². The predicted molar refractivity (Wildman–Crippen MR) is 106 cm³/mol. The van der Waals surface area contributed by atoms with E-state index in [1.54, 1.807) is 18.2 Å². The van der Waals surface area contributed by atoms with Crippen LogP contribution < -0.4 is 15.2 Å². The lowest BCUT2D eigenvalue weighted by Crippen LogP contribution is -2.00. The largest absolute Gasteiger partial charge is 0.491 e. The third kappa shape index (κ3) is 8.27. The number of nitrogens with zero attached hydrogens (tertiary/aromatic N) is 1. The second kappa shape index (κ2) is 13.1. The van der Waals surface area contributed by atoms with Crippen LogP contribution in [0, 0.1) is 10.1 Å². The van der Waals surface area contributed by atoms with E-state index in [4.69, 9.17) is 38.4 Å². The molecule has 2 aromatic carbocycles. The number of nitrogen functional groups attached to an aromatic ring is 1. The Kier molecular flexibility index (Phi) is 11.0. The predicted octanol–water partition coefficient (Wildman–Crippen LogP) is 4.88. The van der Waals surface area contributed by atoms with Crippen molar-refractivity contribution in [3.05, 3.63) is 58.6 Å². The molecule has 0 bridgehead atoms. The Bertz CT molecular complexity index is 671. The third-order valence-electron chi connectivity index (χ3n) is 3.05. The number of rotatable bonds is 9. The number of halogens is 2. The summed E-state index contributed by atoms with van der Waals surface area (Å²) in [6, 6.07) is 13.7. The lowest BCUT2D eigenvalue weighted by Gasteiger charge is -2.06. The molecule has 2 rings (SSSR count). The highest BCUT2D eigenvalue weighted by molar-refractivity contribution is 6.18. The van der Waals surface area contributed by atoms with Crippen molar-refractivity contribution < 1.29 is 14.4 Å². The standard InChI is InChI=1S/C9H10ClNO3.C9H12ClNO/c10-6-3-7-14-9-5-2-1-4-8(9)11(12)13;10-6-3-7-12-9-5-2-1-4-8(9)11/h1-2,4-5H,3,6-7H2;1-2,4-5H,3,6-7,11H2. The van der Waals surface area contributed by atoms with Crippen LogP contribution in [-0.2, 0) is 0 Å². The fraction of sp³-hybridized carbons (Fsp3) is 0.333. The average molecular weight is 401 g/mol. The fourth-order valence-electron chi connectivity index (χ4n) is 1.82. The summed E-state index contributed by atoms with van der Waals surface area (Å²) in [5.41, 5.74) is 6.31. The number of nitro groups is 1. The van der Waals surface area contributed by atoms with Crippen LogP contribution in [0.15, 0.2) is 48.5 Å². The van der Waals surface area contributed by atoms with Gasteiger partial charge in [-0.3, -0.25) is 10.1 Å². The Balaban J connectivity index is 0.000000263. The molecule has 26 heavy (non-hydrogen) atoms. The molecule has 2 N–H and O–H groups in total. The highest BCUT2D eigenvalue weighted by atomic mass is 35.5. The smallest absolute Gasteiger partial charge is 0.310 e. The molecule has 0 fully saturated rings. The maximum Gasteiger partial charge on any atom is 0.310 e. The van der Waals surface area contributed by atoms with Gasteiger partial charge in [-0.15, -0.1) is 23.2 Å². The van der Waals surface area contributed by atoms with Crippen LogP contribution in [0.1, 0.15) is 12.8 Å². The van der Waals surface area contributed by atoms with Crippen molar-refractivity contribution in [2.75, 3.05) is 30.7 Å². The van der Waals surface area contributed by atoms with Gasteiger partial charge in [0.15, 0.2) is 5.75 Å². The molecule has 2 aromatic rings. The maximum atomic E-state index is 10.6. The van der Waals surface area contributed by atoms with Gasteiger partial charge in [-0.1, -0.05) is 24.3 Å². The summed E-state index contributed by atoms with van der Waals surface area (Å²) in [6.45, 7) is 1.02. The minimum atomic E-state index is -0.462. The molecule has 0 aliphatic carbocycles. The fourth-order valence-corrected chi connectivity index (χ4v) is 2.03. The van der Waals surface area contributed by atoms with E-state index in [0.29, 0.717) is 42.8 Å². The Morgan fingerprint density at radius 3 is 1.92 bits per heavy atom. The number of para-hydroxylation sites is 4. The first kappa shape index (κ1) is 21.9. The number of hydrogen-bond donors (Lipinski definition) is 1. The highest BCUT2D eigenvalue weighted by Gasteiger charge is 2.12. The molecule has 0 amide bonds. The number of alkyl halides is 2. The van der Waals surface area contributed by atoms with Crippen LogP contribution in [0.3, 0.4) is 0 Å². The summed E-state index contributed by atoms with van der Waals surface area (Å²) < 4.78 is 10.6. The monoisotopic (exact) mass is 400 g/mol. The molecule has 0 saturated carbocycles. The van der Waals surface area contributed by atoms with Crippen molar-refractivity contribution in [1.82, 2.24) is 0 Å². The van der Waals surface area contributed by atoms with E-state index < -0.39 is 4.92 Å². The van der Waals surface area contributed by atoms with E-state index in [2.05, 4.69) is 0 Å². The van der Waals surface area contributed by atoms with Crippen LogP contribution in [0.25, 0.3) is 0 Å². The van der Waals surface area contributed by atoms with Crippen molar-refractivity contribution in [2.45, 2.75) is 12.8 Å². The zero-order valence-corrected chi connectivity index (χ0v) is 15.8. The first-order valence-corrected chi connectivity index (χ1v) is 9.12. The van der Waals surface area contributed by atoms with Gasteiger partial charge in [0.25, 0.3) is 0 Å². The quantitative estimate of drug-likeness (QED) is 0.213. The summed E-state index contributed by atoms with van der Waals surface area (Å²) in [6.07, 6.45) is 1.52. The molecule has 142 valence electrons. The average Bonchev–Trinajstić information content (AvgIpc) is 2.64. The second-order valence-corrected chi connectivity index (χ2v) is 5.80. The van der Waals surface area contributed by atoms with E-state index in [1.165, 1.54) is 6.07 Å². The van der Waals surface area contributed by atoms with Gasteiger partial charge in [0.1, 0.15) is 5.75 Å². The molecule has 0 aliphatic heterocycles. The Morgan fingerprint density at radius 1 is 0.885 bits per heavy atom. The van der Waals surface area contributed by atoms with Crippen molar-refractivity contribution >= 4 is 34.6 Å². The van der Waals surface area contributed by atoms with Gasteiger partial charge < -0.3 is 15.2 Å². The van der Waals surface area contributed by atoms with E-state index >= 15 is 0 Å². The van der Waals surface area contributed by atoms with Crippen LogP contribution in [-0.4, -0.2) is 29.9 Å². The first-order chi connectivity index (χ1) is 12.6. The SMILES string of the molecule is Nc1ccccc1OCCCCl.O=[N+]([O-])c1ccccc1OCCCCl. The number of nitrogens with two attached hydrogens (primary N) is 1. The summed E-state index contributed by atoms with van der Waals surface area (Å²) in [5.74, 6) is 2.14. The normalized spacial score (nSPS) is 9.77. The minimum absolute atomic E-state index is 0.0120. The van der Waals surface area contributed by atoms with Gasteiger partial charge in [0, 0.05) is 17.8 Å². The summed E-state index contributed by atoms with van der Waals surface area (Å²) in [5, 5.41) is 10.6. The lowest BCUT2D eigenvalue weighted by atomic mass is 10.3. The summed E-state index contributed by atoms with van der Waals surface area (Å²) in [7, 11) is 0. The molecule has 0 aliphatic rings. The minimum Gasteiger partial charge on any atom is -0.491 e. The van der Waals surface area contributed by atoms with Gasteiger partial charge in [-0.25, -0.2) is 0 Å².